The van der Waals surface area contributed by atoms with E-state index in [1.165, 1.54) is 55.4 Å². The normalized spacial score (nSPS) is 16.2. The third kappa shape index (κ3) is 3.05. The minimum Gasteiger partial charge on any atom is -0.350 e. The Morgan fingerprint density at radius 1 is 1.15 bits per heavy atom. The Labute approximate surface area is 121 Å². The second kappa shape index (κ2) is 6.42. The summed E-state index contributed by atoms with van der Waals surface area (Å²) >= 11 is 0. The van der Waals surface area contributed by atoms with Crippen molar-refractivity contribution >= 4 is 10.9 Å². The molecule has 0 unspecified atom stereocenters. The first-order chi connectivity index (χ1) is 9.84. The Morgan fingerprint density at radius 3 is 2.80 bits per heavy atom. The average molecular weight is 271 g/mol. The summed E-state index contributed by atoms with van der Waals surface area (Å²) in [5, 5.41) is 4.97. The number of aryl methyl sites for hydroxylation is 1. The number of benzene rings is 1. The van der Waals surface area contributed by atoms with E-state index in [4.69, 9.17) is 0 Å². The van der Waals surface area contributed by atoms with Crippen LogP contribution >= 0.6 is 0 Å². The topological polar surface area (TPSA) is 20.2 Å². The number of nitrogens with zero attached hydrogens (tertiary/aromatic N) is 2. The molecule has 1 N–H and O–H groups in total. The Morgan fingerprint density at radius 2 is 1.95 bits per heavy atom. The Hall–Kier alpha value is -1.32. The number of fused-ring (bicyclic) bond motifs is 1. The first-order valence-electron chi connectivity index (χ1n) is 7.80. The third-order valence-corrected chi connectivity index (χ3v) is 4.32. The second-order valence-electron chi connectivity index (χ2n) is 5.86. The van der Waals surface area contributed by atoms with Crippen molar-refractivity contribution < 1.29 is 0 Å². The van der Waals surface area contributed by atoms with Gasteiger partial charge in [-0.1, -0.05) is 18.2 Å². The number of para-hydroxylation sites is 1. The van der Waals surface area contributed by atoms with Gasteiger partial charge in [-0.3, -0.25) is 0 Å². The molecule has 1 aromatic heterocycles. The van der Waals surface area contributed by atoms with Gasteiger partial charge in [-0.15, -0.1) is 0 Å². The van der Waals surface area contributed by atoms with Gasteiger partial charge in [0.25, 0.3) is 0 Å². The van der Waals surface area contributed by atoms with E-state index in [1.807, 2.05) is 0 Å². The molecule has 3 nitrogen and oxygen atoms in total. The molecule has 108 valence electrons. The molecule has 0 bridgehead atoms. The minimum atomic E-state index is 0.974. The van der Waals surface area contributed by atoms with Gasteiger partial charge in [0, 0.05) is 30.7 Å². The van der Waals surface area contributed by atoms with Crippen molar-refractivity contribution in [1.82, 2.24) is 14.8 Å². The van der Waals surface area contributed by atoms with Gasteiger partial charge >= 0.3 is 0 Å². The van der Waals surface area contributed by atoms with Gasteiger partial charge in [-0.05, 0) is 57.1 Å². The summed E-state index contributed by atoms with van der Waals surface area (Å²) in [6, 6.07) is 8.64. The standard InChI is InChI=1S/C17H25N3/c1-19-14-15(16-7-2-3-8-17(16)19)13-18-9-6-12-20-10-4-5-11-20/h2-3,7-8,14,18H,4-6,9-13H2,1H3. The number of rotatable bonds is 6. The molecule has 1 aliphatic rings. The summed E-state index contributed by atoms with van der Waals surface area (Å²) in [4.78, 5) is 2.58. The molecular formula is C17H25N3. The lowest BCUT2D eigenvalue weighted by Crippen LogP contribution is -2.24. The summed E-state index contributed by atoms with van der Waals surface area (Å²) in [5.41, 5.74) is 2.73. The zero-order valence-electron chi connectivity index (χ0n) is 12.4. The molecule has 1 aromatic carbocycles. The lowest BCUT2D eigenvalue weighted by atomic mass is 10.2. The zero-order valence-corrected chi connectivity index (χ0v) is 12.4. The lowest BCUT2D eigenvalue weighted by Gasteiger charge is -2.14. The Kier molecular flexibility index (Phi) is 4.38. The quantitative estimate of drug-likeness (QED) is 0.815. The molecule has 1 fully saturated rings. The van der Waals surface area contributed by atoms with E-state index < -0.39 is 0 Å². The number of nitrogens with one attached hydrogen (secondary N) is 1. The van der Waals surface area contributed by atoms with E-state index in [1.54, 1.807) is 0 Å². The highest BCUT2D eigenvalue weighted by molar-refractivity contribution is 5.83. The van der Waals surface area contributed by atoms with Crippen molar-refractivity contribution in [3.05, 3.63) is 36.0 Å². The highest BCUT2D eigenvalue weighted by atomic mass is 15.1. The molecule has 3 heteroatoms. The SMILES string of the molecule is Cn1cc(CNCCCN2CCCC2)c2ccccc21. The molecule has 0 radical (unpaired) electrons. The summed E-state index contributed by atoms with van der Waals surface area (Å²) in [6.07, 6.45) is 6.29. The first-order valence-corrected chi connectivity index (χ1v) is 7.80. The van der Waals surface area contributed by atoms with E-state index in [9.17, 15) is 0 Å². The van der Waals surface area contributed by atoms with Crippen LogP contribution in [0.5, 0.6) is 0 Å². The van der Waals surface area contributed by atoms with Crippen LogP contribution in [0.15, 0.2) is 30.5 Å². The monoisotopic (exact) mass is 271 g/mol. The summed E-state index contributed by atoms with van der Waals surface area (Å²) in [5.74, 6) is 0. The van der Waals surface area contributed by atoms with Gasteiger partial charge in [-0.2, -0.15) is 0 Å². The van der Waals surface area contributed by atoms with Crippen molar-refractivity contribution in [2.75, 3.05) is 26.2 Å². The van der Waals surface area contributed by atoms with Crippen LogP contribution in [0, 0.1) is 0 Å². The number of likely N-dealkylation sites (tertiary alicyclic amines) is 1. The number of hydrogen-bond acceptors (Lipinski definition) is 2. The van der Waals surface area contributed by atoms with E-state index >= 15 is 0 Å². The molecule has 20 heavy (non-hydrogen) atoms. The molecule has 2 aromatic rings. The first kappa shape index (κ1) is 13.7. The molecule has 2 heterocycles. The van der Waals surface area contributed by atoms with Crippen LogP contribution in [-0.4, -0.2) is 35.6 Å². The van der Waals surface area contributed by atoms with Crippen LogP contribution < -0.4 is 5.32 Å². The highest BCUT2D eigenvalue weighted by Crippen LogP contribution is 2.19. The van der Waals surface area contributed by atoms with E-state index in [-0.39, 0.29) is 0 Å². The van der Waals surface area contributed by atoms with Crippen LogP contribution in [0.25, 0.3) is 10.9 Å². The lowest BCUT2D eigenvalue weighted by molar-refractivity contribution is 0.331. The molecule has 3 rings (SSSR count). The Bertz CT molecular complexity index is 552. The fraction of sp³-hybridized carbons (Fsp3) is 0.529. The molecule has 0 aliphatic carbocycles. The van der Waals surface area contributed by atoms with Gasteiger partial charge < -0.3 is 14.8 Å². The van der Waals surface area contributed by atoms with Crippen LogP contribution in [0.1, 0.15) is 24.8 Å². The number of hydrogen-bond donors (Lipinski definition) is 1. The van der Waals surface area contributed by atoms with Crippen molar-refractivity contribution in [2.45, 2.75) is 25.8 Å². The van der Waals surface area contributed by atoms with Crippen molar-refractivity contribution in [3.8, 4) is 0 Å². The van der Waals surface area contributed by atoms with Gasteiger partial charge in [0.05, 0.1) is 0 Å². The van der Waals surface area contributed by atoms with E-state index in [0.29, 0.717) is 0 Å². The van der Waals surface area contributed by atoms with Crippen LogP contribution in [0.3, 0.4) is 0 Å². The average Bonchev–Trinajstić information content (AvgIpc) is 3.08. The number of aromatic nitrogens is 1. The maximum atomic E-state index is 3.59. The van der Waals surface area contributed by atoms with Crippen LogP contribution in [-0.2, 0) is 13.6 Å². The molecular weight excluding hydrogens is 246 g/mol. The van der Waals surface area contributed by atoms with Crippen LogP contribution in [0.2, 0.25) is 0 Å². The molecule has 0 atom stereocenters. The smallest absolute Gasteiger partial charge is 0.0481 e. The zero-order chi connectivity index (χ0) is 13.8. The summed E-state index contributed by atoms with van der Waals surface area (Å²) in [6.45, 7) is 5.95. The molecule has 1 saturated heterocycles. The van der Waals surface area contributed by atoms with E-state index in [0.717, 1.165) is 13.1 Å². The molecule has 1 aliphatic heterocycles. The molecule has 0 spiro atoms. The largest absolute Gasteiger partial charge is 0.350 e. The maximum absolute atomic E-state index is 3.59. The summed E-state index contributed by atoms with van der Waals surface area (Å²) < 4.78 is 2.22. The van der Waals surface area contributed by atoms with Crippen molar-refractivity contribution in [2.24, 2.45) is 7.05 Å². The second-order valence-corrected chi connectivity index (χ2v) is 5.86. The molecule has 0 saturated carbocycles. The van der Waals surface area contributed by atoms with Crippen molar-refractivity contribution in [3.63, 3.8) is 0 Å². The minimum absolute atomic E-state index is 0.974. The predicted molar refractivity (Wildman–Crippen MR) is 84.9 cm³/mol. The maximum Gasteiger partial charge on any atom is 0.0481 e. The van der Waals surface area contributed by atoms with Gasteiger partial charge in [-0.25, -0.2) is 0 Å². The van der Waals surface area contributed by atoms with E-state index in [2.05, 4.69) is 52.3 Å². The summed E-state index contributed by atoms with van der Waals surface area (Å²) in [7, 11) is 2.12. The predicted octanol–water partition coefficient (Wildman–Crippen LogP) is 2.75. The van der Waals surface area contributed by atoms with Gasteiger partial charge in [0.2, 0.25) is 0 Å². The van der Waals surface area contributed by atoms with Gasteiger partial charge in [0.15, 0.2) is 0 Å². The fourth-order valence-corrected chi connectivity index (χ4v) is 3.22. The van der Waals surface area contributed by atoms with Gasteiger partial charge in [0.1, 0.15) is 0 Å². The van der Waals surface area contributed by atoms with Crippen LogP contribution in [0.4, 0.5) is 0 Å². The highest BCUT2D eigenvalue weighted by Gasteiger charge is 2.10. The fourth-order valence-electron chi connectivity index (χ4n) is 3.22. The molecule has 0 amide bonds. The third-order valence-electron chi connectivity index (χ3n) is 4.32. The van der Waals surface area contributed by atoms with Crippen molar-refractivity contribution in [1.29, 1.82) is 0 Å². The Balaban J connectivity index is 1.47.